The minimum atomic E-state index is -0.880. The van der Waals surface area contributed by atoms with E-state index in [2.05, 4.69) is 0 Å². The zero-order chi connectivity index (χ0) is 58.2. The molecule has 0 aliphatic carbocycles. The molecule has 0 saturated carbocycles. The van der Waals surface area contributed by atoms with Crippen molar-refractivity contribution in [2.24, 2.45) is 0 Å². The zero-order valence-electron chi connectivity index (χ0n) is 48.8. The molecule has 0 radical (unpaired) electrons. The standard InChI is InChI=1S/C53H104O27S/c1-52(54)81-51-50-80-49-48-79-47-46-78-45-44-77-43-42-76-41-40-75-39-38-74-37-36-73-35-34-72-33-32-71-31-30-70-29-28-69-27-26-68-25-24-67-23-22-66-21-20-65-19-18-64-17-16-63-15-14-62-13-12-61-11-10-60-9-8-59-7-6-58-5-4-57-3-2-53(55)56/h2-51H2,1H3,(H,55,56). The van der Waals surface area contributed by atoms with Crippen LogP contribution in [0.5, 0.6) is 0 Å². The predicted molar refractivity (Wildman–Crippen MR) is 295 cm³/mol. The van der Waals surface area contributed by atoms with E-state index in [0.717, 1.165) is 0 Å². The Balaban J connectivity index is 3.08. The summed E-state index contributed by atoms with van der Waals surface area (Å²) in [6, 6.07) is 0. The van der Waals surface area contributed by atoms with Gasteiger partial charge in [-0.1, -0.05) is 11.8 Å². The maximum Gasteiger partial charge on any atom is 0.305 e. The molecule has 0 aromatic heterocycles. The lowest BCUT2D eigenvalue weighted by atomic mass is 10.5. The molecule has 0 aliphatic heterocycles. The fourth-order valence-electron chi connectivity index (χ4n) is 5.56. The Morgan fingerprint density at radius 3 is 0.432 bits per heavy atom. The lowest BCUT2D eigenvalue weighted by molar-refractivity contribution is -0.138. The number of hydrogen-bond donors (Lipinski definition) is 1. The highest BCUT2D eigenvalue weighted by Gasteiger charge is 2.02. The molecule has 1 N–H and O–H groups in total. The molecule has 0 unspecified atom stereocenters. The van der Waals surface area contributed by atoms with E-state index in [0.29, 0.717) is 316 Å². The van der Waals surface area contributed by atoms with E-state index in [1.54, 1.807) is 6.92 Å². The van der Waals surface area contributed by atoms with Crippen LogP contribution >= 0.6 is 11.8 Å². The van der Waals surface area contributed by atoms with Gasteiger partial charge in [0.25, 0.3) is 0 Å². The van der Waals surface area contributed by atoms with Gasteiger partial charge in [-0.25, -0.2) is 0 Å². The number of aliphatic carboxylic acids is 1. The highest BCUT2D eigenvalue weighted by molar-refractivity contribution is 8.13. The Bertz CT molecular complexity index is 1110. The largest absolute Gasteiger partial charge is 0.481 e. The van der Waals surface area contributed by atoms with Crippen molar-refractivity contribution in [3.05, 3.63) is 0 Å². The molecule has 0 spiro atoms. The van der Waals surface area contributed by atoms with Crippen LogP contribution in [0.3, 0.4) is 0 Å². The van der Waals surface area contributed by atoms with Crippen molar-refractivity contribution in [2.75, 3.05) is 323 Å². The SMILES string of the molecule is CC(=O)SCCOCCOCCOCCOCCOCCOCCOCCOCCOCCOCCOCCOCCOCCOCCOCCOCCOCCOCCOCCOCCOCCOCCOCCOCCC(=O)O. The number of carboxylic acid groups (broad SMARTS) is 1. The Hall–Kier alpha value is -1.47. The normalized spacial score (nSPS) is 11.7. The number of hydrogen-bond acceptors (Lipinski definition) is 27. The summed E-state index contributed by atoms with van der Waals surface area (Å²) in [5.74, 6) is -0.215. The lowest BCUT2D eigenvalue weighted by Crippen LogP contribution is -2.16. The summed E-state index contributed by atoms with van der Waals surface area (Å²) in [7, 11) is 0. The molecule has 28 heteroatoms. The molecular weight excluding hydrogens is 1100 g/mol. The van der Waals surface area contributed by atoms with Gasteiger partial charge in [-0.15, -0.1) is 0 Å². The van der Waals surface area contributed by atoms with Crippen molar-refractivity contribution in [3.63, 3.8) is 0 Å². The molecule has 0 bridgehead atoms. The van der Waals surface area contributed by atoms with Crippen LogP contribution in [0.15, 0.2) is 0 Å². The molecule has 0 fully saturated rings. The molecule has 81 heavy (non-hydrogen) atoms. The van der Waals surface area contributed by atoms with Crippen molar-refractivity contribution in [2.45, 2.75) is 13.3 Å². The average Bonchev–Trinajstić information content (AvgIpc) is 3.46. The molecule has 0 heterocycles. The molecular formula is C53H104O27S. The van der Waals surface area contributed by atoms with Crippen molar-refractivity contribution in [3.8, 4) is 0 Å². The van der Waals surface area contributed by atoms with Gasteiger partial charge in [-0.3, -0.25) is 9.59 Å². The Morgan fingerprint density at radius 1 is 0.210 bits per heavy atom. The molecule has 0 amide bonds. The van der Waals surface area contributed by atoms with E-state index in [9.17, 15) is 9.59 Å². The third-order valence-electron chi connectivity index (χ3n) is 9.55. The first-order valence-corrected chi connectivity index (χ1v) is 29.3. The molecule has 0 rings (SSSR count). The number of carbonyl (C=O) groups is 2. The second-order valence-electron chi connectivity index (χ2n) is 16.2. The molecule has 0 aromatic carbocycles. The molecule has 27 nitrogen and oxygen atoms in total. The second-order valence-corrected chi connectivity index (χ2v) is 17.5. The number of rotatable bonds is 75. The first-order chi connectivity index (χ1) is 40.1. The van der Waals surface area contributed by atoms with Crippen LogP contribution < -0.4 is 0 Å². The van der Waals surface area contributed by atoms with Crippen LogP contribution in [-0.2, 0) is 123 Å². The smallest absolute Gasteiger partial charge is 0.305 e. The highest BCUT2D eigenvalue weighted by Crippen LogP contribution is 2.00. The summed E-state index contributed by atoms with van der Waals surface area (Å²) in [5, 5.41) is 8.62. The van der Waals surface area contributed by atoms with Crippen molar-refractivity contribution in [1.29, 1.82) is 0 Å². The van der Waals surface area contributed by atoms with Crippen molar-refractivity contribution in [1.82, 2.24) is 0 Å². The minimum absolute atomic E-state index is 0.0103. The third-order valence-corrected chi connectivity index (χ3v) is 10.3. The van der Waals surface area contributed by atoms with Crippen molar-refractivity contribution >= 4 is 22.8 Å². The van der Waals surface area contributed by atoms with Gasteiger partial charge in [0.15, 0.2) is 5.12 Å². The van der Waals surface area contributed by atoms with Gasteiger partial charge in [0.2, 0.25) is 0 Å². The van der Waals surface area contributed by atoms with Crippen LogP contribution in [0, 0.1) is 0 Å². The summed E-state index contributed by atoms with van der Waals surface area (Å²) >= 11 is 1.26. The fourth-order valence-corrected chi connectivity index (χ4v) is 6.05. The van der Waals surface area contributed by atoms with Gasteiger partial charge in [-0.05, 0) is 0 Å². The number of thioether (sulfide) groups is 1. The summed E-state index contributed by atoms with van der Waals surface area (Å²) in [5.41, 5.74) is 0. The summed E-state index contributed by atoms with van der Waals surface area (Å²) < 4.78 is 131. The Labute approximate surface area is 486 Å². The molecule has 484 valence electrons. The van der Waals surface area contributed by atoms with Crippen LogP contribution in [-0.4, -0.2) is 339 Å². The number of carbonyl (C=O) groups excluding carboxylic acids is 1. The van der Waals surface area contributed by atoms with Crippen LogP contribution in [0.4, 0.5) is 0 Å². The topological polar surface area (TPSA) is 276 Å². The van der Waals surface area contributed by atoms with Crippen LogP contribution in [0.1, 0.15) is 13.3 Å². The first kappa shape index (κ1) is 79.5. The summed E-state index contributed by atoms with van der Waals surface area (Å²) in [6.07, 6.45) is -0.0103. The van der Waals surface area contributed by atoms with Crippen molar-refractivity contribution < 1.29 is 128 Å². The maximum atomic E-state index is 10.8. The highest BCUT2D eigenvalue weighted by atomic mass is 32.2. The zero-order valence-corrected chi connectivity index (χ0v) is 49.6. The Kier molecular flexibility index (Phi) is 73.3. The summed E-state index contributed by atoms with van der Waals surface area (Å²) in [4.78, 5) is 21.2. The number of ether oxygens (including phenoxy) is 24. The lowest BCUT2D eigenvalue weighted by Gasteiger charge is -2.09. The maximum absolute atomic E-state index is 10.8. The van der Waals surface area contributed by atoms with Gasteiger partial charge in [-0.2, -0.15) is 0 Å². The quantitative estimate of drug-likeness (QED) is 0.0836. The van der Waals surface area contributed by atoms with Gasteiger partial charge in [0.05, 0.1) is 324 Å². The van der Waals surface area contributed by atoms with Crippen LogP contribution in [0.25, 0.3) is 0 Å². The fraction of sp³-hybridized carbons (Fsp3) is 0.962. The van der Waals surface area contributed by atoms with E-state index < -0.39 is 5.97 Å². The molecule has 0 aromatic rings. The van der Waals surface area contributed by atoms with E-state index in [1.807, 2.05) is 0 Å². The number of carboxylic acids is 1. The van der Waals surface area contributed by atoms with E-state index >= 15 is 0 Å². The second kappa shape index (κ2) is 74.6. The van der Waals surface area contributed by atoms with Crippen LogP contribution in [0.2, 0.25) is 0 Å². The summed E-state index contributed by atoms with van der Waals surface area (Å²) in [6.45, 7) is 24.1. The van der Waals surface area contributed by atoms with E-state index in [1.165, 1.54) is 11.8 Å². The third kappa shape index (κ3) is 78.5. The van der Waals surface area contributed by atoms with Gasteiger partial charge < -0.3 is 119 Å². The minimum Gasteiger partial charge on any atom is -0.481 e. The van der Waals surface area contributed by atoms with Gasteiger partial charge in [0, 0.05) is 12.7 Å². The molecule has 0 aliphatic rings. The predicted octanol–water partition coefficient (Wildman–Crippen LogP) is 1.14. The Morgan fingerprint density at radius 2 is 0.321 bits per heavy atom. The average molecular weight is 1210 g/mol. The molecule has 0 saturated heterocycles. The van der Waals surface area contributed by atoms with Gasteiger partial charge >= 0.3 is 5.97 Å². The van der Waals surface area contributed by atoms with Gasteiger partial charge in [0.1, 0.15) is 0 Å². The van der Waals surface area contributed by atoms with E-state index in [4.69, 9.17) is 119 Å². The molecule has 0 atom stereocenters. The monoisotopic (exact) mass is 1200 g/mol. The van der Waals surface area contributed by atoms with E-state index in [-0.39, 0.29) is 18.1 Å². The first-order valence-electron chi connectivity index (χ1n) is 28.3.